The first-order valence-electron chi connectivity index (χ1n) is 12.1. The molecule has 1 amide bonds. The van der Waals surface area contributed by atoms with Crippen LogP contribution in [0.5, 0.6) is 11.6 Å². The van der Waals surface area contributed by atoms with E-state index in [4.69, 9.17) is 14.6 Å². The van der Waals surface area contributed by atoms with Gasteiger partial charge in [-0.25, -0.2) is 9.07 Å². The zero-order valence-corrected chi connectivity index (χ0v) is 19.5. The van der Waals surface area contributed by atoms with Crippen LogP contribution in [0, 0.1) is 11.7 Å². The van der Waals surface area contributed by atoms with Gasteiger partial charge in [-0.2, -0.15) is 5.10 Å². The second-order valence-electron chi connectivity index (χ2n) is 8.99. The van der Waals surface area contributed by atoms with Gasteiger partial charge in [0.25, 0.3) is 0 Å². The van der Waals surface area contributed by atoms with E-state index in [0.29, 0.717) is 25.4 Å². The maximum Gasteiger partial charge on any atom is 0.228 e. The van der Waals surface area contributed by atoms with Crippen molar-refractivity contribution in [3.63, 3.8) is 0 Å². The molecule has 6 nitrogen and oxygen atoms in total. The molecule has 2 aliphatic rings. The number of aromatic nitrogens is 2. The molecule has 1 atom stereocenters. The summed E-state index contributed by atoms with van der Waals surface area (Å²) in [5.74, 6) is 0.364. The highest BCUT2D eigenvalue weighted by atomic mass is 19.1. The fourth-order valence-electron chi connectivity index (χ4n) is 4.45. The molecule has 0 bridgehead atoms. The topological polar surface area (TPSA) is 56.6 Å². The van der Waals surface area contributed by atoms with Gasteiger partial charge in [-0.1, -0.05) is 37.3 Å². The molecule has 34 heavy (non-hydrogen) atoms. The lowest BCUT2D eigenvalue weighted by Gasteiger charge is -2.26. The van der Waals surface area contributed by atoms with Crippen LogP contribution in [-0.4, -0.2) is 39.8 Å². The predicted molar refractivity (Wildman–Crippen MR) is 127 cm³/mol. The van der Waals surface area contributed by atoms with Crippen LogP contribution in [0.2, 0.25) is 0 Å². The average molecular weight is 464 g/mol. The molecule has 2 heterocycles. The summed E-state index contributed by atoms with van der Waals surface area (Å²) in [7, 11) is 0. The fourth-order valence-corrected chi connectivity index (χ4v) is 4.45. The Hall–Kier alpha value is -3.19. The molecule has 1 unspecified atom stereocenters. The van der Waals surface area contributed by atoms with Crippen molar-refractivity contribution in [1.82, 2.24) is 14.7 Å². The minimum absolute atomic E-state index is 0.0490. The second kappa shape index (κ2) is 9.97. The van der Waals surface area contributed by atoms with E-state index in [1.807, 2.05) is 42.2 Å². The molecular weight excluding hydrogens is 433 g/mol. The normalized spacial score (nSPS) is 17.6. The van der Waals surface area contributed by atoms with Crippen LogP contribution < -0.4 is 4.74 Å². The summed E-state index contributed by atoms with van der Waals surface area (Å²) in [4.78, 5) is 15.1. The molecule has 0 N–H and O–H groups in total. The van der Waals surface area contributed by atoms with Crippen molar-refractivity contribution >= 4 is 5.91 Å². The van der Waals surface area contributed by atoms with Crippen molar-refractivity contribution in [1.29, 1.82) is 0 Å². The molecular formula is C27H30FN3O3. The van der Waals surface area contributed by atoms with Crippen LogP contribution in [0.25, 0.3) is 5.69 Å². The summed E-state index contributed by atoms with van der Waals surface area (Å²) in [5, 5.41) is 4.83. The molecule has 1 aliphatic heterocycles. The van der Waals surface area contributed by atoms with Crippen molar-refractivity contribution < 1.29 is 18.7 Å². The highest BCUT2D eigenvalue weighted by Gasteiger charge is 2.36. The Morgan fingerprint density at radius 2 is 1.91 bits per heavy atom. The molecule has 1 saturated heterocycles. The number of hydrogen-bond donors (Lipinski definition) is 0. The lowest BCUT2D eigenvalue weighted by molar-refractivity contribution is -0.134. The molecule has 0 spiro atoms. The van der Waals surface area contributed by atoms with E-state index < -0.39 is 5.82 Å². The average Bonchev–Trinajstić information content (AvgIpc) is 3.48. The highest BCUT2D eigenvalue weighted by Crippen LogP contribution is 2.36. The fraction of sp³-hybridized carbons (Fsp3) is 0.407. The van der Waals surface area contributed by atoms with Crippen LogP contribution in [0.15, 0.2) is 54.6 Å². The Bertz CT molecular complexity index is 1140. The van der Waals surface area contributed by atoms with Gasteiger partial charge in [-0.05, 0) is 56.4 Å². The van der Waals surface area contributed by atoms with E-state index in [0.717, 1.165) is 49.2 Å². The van der Waals surface area contributed by atoms with Crippen LogP contribution in [0.3, 0.4) is 0 Å². The number of rotatable bonds is 9. The van der Waals surface area contributed by atoms with Crippen LogP contribution in [0.4, 0.5) is 4.39 Å². The van der Waals surface area contributed by atoms with Gasteiger partial charge in [0.15, 0.2) is 11.6 Å². The molecule has 2 fully saturated rings. The minimum Gasteiger partial charge on any atom is -0.435 e. The molecule has 1 aromatic heterocycles. The first-order valence-corrected chi connectivity index (χ1v) is 12.1. The van der Waals surface area contributed by atoms with Crippen molar-refractivity contribution in [2.45, 2.75) is 51.7 Å². The molecule has 5 rings (SSSR count). The van der Waals surface area contributed by atoms with Crippen LogP contribution in [-0.2, 0) is 22.5 Å². The second-order valence-corrected chi connectivity index (χ2v) is 8.99. The zero-order chi connectivity index (χ0) is 23.5. The monoisotopic (exact) mass is 463 g/mol. The number of benzene rings is 2. The van der Waals surface area contributed by atoms with Gasteiger partial charge >= 0.3 is 0 Å². The Morgan fingerprint density at radius 1 is 1.15 bits per heavy atom. The van der Waals surface area contributed by atoms with Gasteiger partial charge in [-0.15, -0.1) is 0 Å². The summed E-state index contributed by atoms with van der Waals surface area (Å²) in [5.41, 5.74) is 2.45. The van der Waals surface area contributed by atoms with Gasteiger partial charge in [0.2, 0.25) is 11.8 Å². The predicted octanol–water partition coefficient (Wildman–Crippen LogP) is 5.28. The third-order valence-corrected chi connectivity index (χ3v) is 6.43. The van der Waals surface area contributed by atoms with Crippen molar-refractivity contribution in [3.05, 3.63) is 71.7 Å². The maximum absolute atomic E-state index is 14.6. The Morgan fingerprint density at radius 3 is 2.59 bits per heavy atom. The first kappa shape index (κ1) is 22.6. The smallest absolute Gasteiger partial charge is 0.228 e. The quantitative estimate of drug-likeness (QED) is 0.433. The van der Waals surface area contributed by atoms with Gasteiger partial charge in [0.1, 0.15) is 0 Å². The minimum atomic E-state index is -0.447. The third kappa shape index (κ3) is 4.85. The van der Waals surface area contributed by atoms with E-state index in [1.165, 1.54) is 6.07 Å². The van der Waals surface area contributed by atoms with E-state index in [-0.39, 0.29) is 23.7 Å². The summed E-state index contributed by atoms with van der Waals surface area (Å²) < 4.78 is 28.3. The number of ether oxygens (including phenoxy) is 2. The summed E-state index contributed by atoms with van der Waals surface area (Å²) in [6.45, 7) is 3.67. The Balaban J connectivity index is 1.55. The number of nitrogens with zero attached hydrogens (tertiary/aromatic N) is 3. The number of carbonyl (C=O) groups is 1. The molecule has 1 aliphatic carbocycles. The van der Waals surface area contributed by atoms with Gasteiger partial charge in [-0.3, -0.25) is 4.79 Å². The summed E-state index contributed by atoms with van der Waals surface area (Å²) in [6, 6.07) is 16.0. The van der Waals surface area contributed by atoms with E-state index in [2.05, 4.69) is 0 Å². The Labute approximate surface area is 199 Å². The summed E-state index contributed by atoms with van der Waals surface area (Å²) >= 11 is 0. The molecule has 3 aromatic rings. The van der Waals surface area contributed by atoms with Crippen molar-refractivity contribution in [2.24, 2.45) is 5.92 Å². The number of hydrogen-bond acceptors (Lipinski definition) is 4. The number of amides is 1. The molecule has 7 heteroatoms. The van der Waals surface area contributed by atoms with Gasteiger partial charge in [0, 0.05) is 19.1 Å². The highest BCUT2D eigenvalue weighted by molar-refractivity contribution is 5.81. The van der Waals surface area contributed by atoms with Crippen LogP contribution >= 0.6 is 0 Å². The number of halogens is 1. The molecule has 178 valence electrons. The van der Waals surface area contributed by atoms with Crippen molar-refractivity contribution in [3.8, 4) is 17.3 Å². The molecule has 2 aromatic carbocycles. The van der Waals surface area contributed by atoms with Crippen molar-refractivity contribution in [2.75, 3.05) is 13.2 Å². The van der Waals surface area contributed by atoms with Gasteiger partial charge < -0.3 is 14.4 Å². The van der Waals surface area contributed by atoms with E-state index in [9.17, 15) is 9.18 Å². The maximum atomic E-state index is 14.6. The largest absolute Gasteiger partial charge is 0.435 e. The lowest BCUT2D eigenvalue weighted by Crippen LogP contribution is -2.38. The SMILES string of the molecule is CCc1nn(-c2ccccc2)c(Oc2ccccc2F)c1CN(CC1CCCO1)C(=O)C1CC1. The van der Waals surface area contributed by atoms with E-state index >= 15 is 0 Å². The zero-order valence-electron chi connectivity index (χ0n) is 19.5. The standard InChI is InChI=1S/C27H30FN3O3/c1-2-24-22(18-30(26(32)19-14-15-19)17-21-11-8-16-33-21)27(34-25-13-7-6-12-23(25)28)31(29-24)20-9-4-3-5-10-20/h3-7,9-10,12-13,19,21H,2,8,11,14-18H2,1H3. The Kier molecular flexibility index (Phi) is 6.63. The lowest BCUT2D eigenvalue weighted by atomic mass is 10.1. The number of para-hydroxylation sites is 2. The van der Waals surface area contributed by atoms with E-state index in [1.54, 1.807) is 22.9 Å². The molecule has 1 saturated carbocycles. The molecule has 0 radical (unpaired) electrons. The number of carbonyl (C=O) groups excluding carboxylic acids is 1. The van der Waals surface area contributed by atoms with Gasteiger partial charge in [0.05, 0.1) is 29.6 Å². The third-order valence-electron chi connectivity index (χ3n) is 6.43. The van der Waals surface area contributed by atoms with Crippen LogP contribution in [0.1, 0.15) is 43.9 Å². The summed E-state index contributed by atoms with van der Waals surface area (Å²) in [6.07, 6.45) is 4.55. The first-order chi connectivity index (χ1) is 16.6. The number of aryl methyl sites for hydroxylation is 1.